The summed E-state index contributed by atoms with van der Waals surface area (Å²) < 4.78 is 13.8. The fourth-order valence-corrected chi connectivity index (χ4v) is 5.66. The minimum atomic E-state index is 0.00452. The van der Waals surface area contributed by atoms with Crippen LogP contribution in [0.25, 0.3) is 11.1 Å². The summed E-state index contributed by atoms with van der Waals surface area (Å²) in [5.74, 6) is 1.36. The molecule has 34 heavy (non-hydrogen) atoms. The molecule has 1 saturated heterocycles. The highest BCUT2D eigenvalue weighted by Gasteiger charge is 2.29. The van der Waals surface area contributed by atoms with Gasteiger partial charge in [0.05, 0.1) is 20.3 Å². The number of benzene rings is 3. The molecule has 176 valence electrons. The van der Waals surface area contributed by atoms with Crippen LogP contribution < -0.4 is 19.7 Å². The number of nitrogens with one attached hydrogen (secondary N) is 1. The molecule has 3 aromatic carbocycles. The monoisotopic (exact) mass is 632 g/mol. The summed E-state index contributed by atoms with van der Waals surface area (Å²) in [6.07, 6.45) is 3.42. The van der Waals surface area contributed by atoms with Gasteiger partial charge in [0.1, 0.15) is 0 Å². The summed E-state index contributed by atoms with van der Waals surface area (Å²) in [6.45, 7) is 2.28. The van der Waals surface area contributed by atoms with Crippen molar-refractivity contribution in [3.05, 3.63) is 73.8 Å². The van der Waals surface area contributed by atoms with Crippen molar-refractivity contribution >= 4 is 50.1 Å². The number of hydrogen-bond acceptors (Lipinski definition) is 4. The SMILES string of the molecule is COc1cc(N2Cc3ccc(-c4cc(Br)ccc4I)cc3C2=O)ccc1OCCC1CCCN1. The maximum atomic E-state index is 13.4. The van der Waals surface area contributed by atoms with Crippen molar-refractivity contribution in [1.29, 1.82) is 0 Å². The van der Waals surface area contributed by atoms with Crippen LogP contribution >= 0.6 is 38.5 Å². The Morgan fingerprint density at radius 2 is 1.97 bits per heavy atom. The first-order chi connectivity index (χ1) is 16.5. The second-order valence-corrected chi connectivity index (χ2v) is 10.7. The van der Waals surface area contributed by atoms with E-state index in [1.54, 1.807) is 12.0 Å². The Morgan fingerprint density at radius 1 is 1.09 bits per heavy atom. The van der Waals surface area contributed by atoms with Gasteiger partial charge in [-0.3, -0.25) is 4.79 Å². The molecular formula is C27H26BrIN2O3. The number of carbonyl (C=O) groups excluding carboxylic acids is 1. The van der Waals surface area contributed by atoms with E-state index in [1.807, 2.05) is 30.3 Å². The molecular weight excluding hydrogens is 607 g/mol. The second-order valence-electron chi connectivity index (χ2n) is 8.65. The van der Waals surface area contributed by atoms with Crippen molar-refractivity contribution in [3.8, 4) is 22.6 Å². The van der Waals surface area contributed by atoms with Gasteiger partial charge in [0.15, 0.2) is 11.5 Å². The number of ether oxygens (including phenoxy) is 2. The van der Waals surface area contributed by atoms with E-state index < -0.39 is 0 Å². The highest BCUT2D eigenvalue weighted by Crippen LogP contribution is 2.37. The Labute approximate surface area is 222 Å². The van der Waals surface area contributed by atoms with E-state index >= 15 is 0 Å². The third-order valence-electron chi connectivity index (χ3n) is 6.50. The molecule has 3 aromatic rings. The molecule has 1 unspecified atom stereocenters. The number of nitrogens with zero attached hydrogens (tertiary/aromatic N) is 1. The van der Waals surface area contributed by atoms with E-state index in [0.717, 1.165) is 48.9 Å². The molecule has 2 heterocycles. The first kappa shape index (κ1) is 23.6. The highest BCUT2D eigenvalue weighted by atomic mass is 127. The predicted octanol–water partition coefficient (Wildman–Crippen LogP) is 6.41. The van der Waals surface area contributed by atoms with Crippen molar-refractivity contribution in [3.63, 3.8) is 0 Å². The van der Waals surface area contributed by atoms with Crippen molar-refractivity contribution in [2.45, 2.75) is 31.8 Å². The molecule has 0 aromatic heterocycles. The van der Waals surface area contributed by atoms with Gasteiger partial charge in [-0.2, -0.15) is 0 Å². The van der Waals surface area contributed by atoms with Crippen LogP contribution in [0.5, 0.6) is 11.5 Å². The van der Waals surface area contributed by atoms with Crippen LogP contribution in [0.3, 0.4) is 0 Å². The molecule has 1 fully saturated rings. The van der Waals surface area contributed by atoms with Crippen LogP contribution in [0.4, 0.5) is 5.69 Å². The highest BCUT2D eigenvalue weighted by molar-refractivity contribution is 14.1. The maximum Gasteiger partial charge on any atom is 0.258 e. The van der Waals surface area contributed by atoms with Crippen molar-refractivity contribution in [2.75, 3.05) is 25.2 Å². The Kier molecular flexibility index (Phi) is 7.13. The molecule has 2 aliphatic heterocycles. The van der Waals surface area contributed by atoms with Crippen LogP contribution in [0, 0.1) is 3.57 Å². The van der Waals surface area contributed by atoms with E-state index in [1.165, 1.54) is 12.8 Å². The zero-order chi connectivity index (χ0) is 23.7. The van der Waals surface area contributed by atoms with Crippen molar-refractivity contribution in [1.82, 2.24) is 5.32 Å². The van der Waals surface area contributed by atoms with E-state index in [4.69, 9.17) is 9.47 Å². The molecule has 1 amide bonds. The number of hydrogen-bond donors (Lipinski definition) is 1. The van der Waals surface area contributed by atoms with Gasteiger partial charge < -0.3 is 19.7 Å². The summed E-state index contributed by atoms with van der Waals surface area (Å²) in [5.41, 5.74) is 4.73. The number of methoxy groups -OCH3 is 1. The molecule has 0 saturated carbocycles. The Morgan fingerprint density at radius 3 is 2.76 bits per heavy atom. The van der Waals surface area contributed by atoms with Gasteiger partial charge in [-0.25, -0.2) is 0 Å². The van der Waals surface area contributed by atoms with E-state index in [9.17, 15) is 4.79 Å². The Bertz CT molecular complexity index is 1230. The largest absolute Gasteiger partial charge is 0.493 e. The van der Waals surface area contributed by atoms with Gasteiger partial charge in [-0.1, -0.05) is 28.1 Å². The summed E-state index contributed by atoms with van der Waals surface area (Å²) in [5, 5.41) is 3.49. The van der Waals surface area contributed by atoms with Gasteiger partial charge in [0.2, 0.25) is 0 Å². The summed E-state index contributed by atoms with van der Waals surface area (Å²) in [7, 11) is 1.64. The van der Waals surface area contributed by atoms with Gasteiger partial charge in [-0.05, 0) is 101 Å². The first-order valence-corrected chi connectivity index (χ1v) is 13.3. The Hall–Kier alpha value is -2.10. The summed E-state index contributed by atoms with van der Waals surface area (Å²) in [4.78, 5) is 15.2. The zero-order valence-electron chi connectivity index (χ0n) is 18.9. The predicted molar refractivity (Wildman–Crippen MR) is 147 cm³/mol. The lowest BCUT2D eigenvalue weighted by molar-refractivity contribution is 0.0996. The van der Waals surface area contributed by atoms with Crippen LogP contribution in [-0.2, 0) is 6.54 Å². The fraction of sp³-hybridized carbons (Fsp3) is 0.296. The maximum absolute atomic E-state index is 13.4. The van der Waals surface area contributed by atoms with E-state index in [2.05, 4.69) is 68.1 Å². The summed E-state index contributed by atoms with van der Waals surface area (Å²) >= 11 is 5.89. The zero-order valence-corrected chi connectivity index (χ0v) is 22.7. The molecule has 0 radical (unpaired) electrons. The van der Waals surface area contributed by atoms with Crippen LogP contribution in [-0.4, -0.2) is 32.2 Å². The number of fused-ring (bicyclic) bond motifs is 1. The molecule has 2 aliphatic rings. The Balaban J connectivity index is 1.34. The normalized spacial score (nSPS) is 17.2. The number of anilines is 1. The molecule has 5 rings (SSSR count). The third-order valence-corrected chi connectivity index (χ3v) is 7.93. The lowest BCUT2D eigenvalue weighted by Crippen LogP contribution is -2.24. The van der Waals surface area contributed by atoms with Crippen LogP contribution in [0.2, 0.25) is 0 Å². The molecule has 0 aliphatic carbocycles. The minimum Gasteiger partial charge on any atom is -0.493 e. The van der Waals surface area contributed by atoms with Crippen molar-refractivity contribution in [2.24, 2.45) is 0 Å². The van der Waals surface area contributed by atoms with Crippen LogP contribution in [0.15, 0.2) is 59.1 Å². The molecule has 0 bridgehead atoms. The standard InChI is InChI=1S/C27H26BrIN2O3/c1-33-26-15-21(7-9-25(26)34-12-10-20-3-2-11-30-20)31-16-18-5-4-17(13-23(18)27(31)32)22-14-19(28)6-8-24(22)29/h4-9,13-15,20,30H,2-3,10-12,16H2,1H3. The minimum absolute atomic E-state index is 0.00452. The van der Waals surface area contributed by atoms with Crippen molar-refractivity contribution < 1.29 is 14.3 Å². The lowest BCUT2D eigenvalue weighted by atomic mass is 10.0. The first-order valence-electron chi connectivity index (χ1n) is 11.5. The molecule has 1 N–H and O–H groups in total. The average Bonchev–Trinajstić information content (AvgIpc) is 3.48. The molecule has 0 spiro atoms. The van der Waals surface area contributed by atoms with Gasteiger partial charge in [0, 0.05) is 31.4 Å². The fourth-order valence-electron chi connectivity index (χ4n) is 4.65. The lowest BCUT2D eigenvalue weighted by Gasteiger charge is -2.19. The number of rotatable bonds is 7. The quantitative estimate of drug-likeness (QED) is 0.306. The smallest absolute Gasteiger partial charge is 0.258 e. The average molecular weight is 633 g/mol. The van der Waals surface area contributed by atoms with Gasteiger partial charge >= 0.3 is 0 Å². The second kappa shape index (κ2) is 10.3. The van der Waals surface area contributed by atoms with E-state index in [-0.39, 0.29) is 5.91 Å². The van der Waals surface area contributed by atoms with E-state index in [0.29, 0.717) is 30.7 Å². The molecule has 1 atom stereocenters. The number of halogens is 2. The third kappa shape index (κ3) is 4.83. The molecule has 7 heteroatoms. The molecule has 5 nitrogen and oxygen atoms in total. The van der Waals surface area contributed by atoms with Gasteiger partial charge in [-0.15, -0.1) is 0 Å². The summed E-state index contributed by atoms with van der Waals surface area (Å²) in [6, 6.07) is 18.6. The topological polar surface area (TPSA) is 50.8 Å². The van der Waals surface area contributed by atoms with Gasteiger partial charge in [0.25, 0.3) is 5.91 Å². The van der Waals surface area contributed by atoms with Crippen LogP contribution in [0.1, 0.15) is 35.2 Å². The number of carbonyl (C=O) groups is 1. The number of amides is 1.